The van der Waals surface area contributed by atoms with Crippen LogP contribution in [0, 0.1) is 5.92 Å². The number of aliphatic imine (C=N–C) groups is 1. The van der Waals surface area contributed by atoms with Crippen molar-refractivity contribution in [3.05, 3.63) is 24.3 Å². The van der Waals surface area contributed by atoms with Crippen molar-refractivity contribution in [2.75, 3.05) is 32.4 Å². The van der Waals surface area contributed by atoms with E-state index in [-0.39, 0.29) is 11.9 Å². The second kappa shape index (κ2) is 8.90. The molecule has 1 aromatic heterocycles. The van der Waals surface area contributed by atoms with Crippen LogP contribution in [0.5, 0.6) is 0 Å². The zero-order chi connectivity index (χ0) is 22.2. The highest BCUT2D eigenvalue weighted by molar-refractivity contribution is 8.01. The van der Waals surface area contributed by atoms with Gasteiger partial charge in [0, 0.05) is 32.4 Å². The SMILES string of the molecule is CC1CCN(C2=NC3C(C(=O)NC(=O)N3C)N2CCCSc2nc3ccccc3s2)CC1. The number of thiazole rings is 1. The number of fused-ring (bicyclic) bond motifs is 2. The number of urea groups is 1. The molecule has 2 aromatic rings. The summed E-state index contributed by atoms with van der Waals surface area (Å²) in [4.78, 5) is 40.5. The van der Waals surface area contributed by atoms with Gasteiger partial charge in [-0.1, -0.05) is 30.8 Å². The van der Waals surface area contributed by atoms with Gasteiger partial charge in [0.1, 0.15) is 0 Å². The fraction of sp³-hybridized carbons (Fsp3) is 0.545. The number of piperidine rings is 1. The van der Waals surface area contributed by atoms with Gasteiger partial charge in [-0.05, 0) is 37.3 Å². The van der Waals surface area contributed by atoms with Gasteiger partial charge >= 0.3 is 6.03 Å². The lowest BCUT2D eigenvalue weighted by Gasteiger charge is -2.39. The number of nitrogens with zero attached hydrogens (tertiary/aromatic N) is 5. The average molecular weight is 473 g/mol. The van der Waals surface area contributed by atoms with Gasteiger partial charge < -0.3 is 14.7 Å². The Morgan fingerprint density at radius 2 is 2.00 bits per heavy atom. The summed E-state index contributed by atoms with van der Waals surface area (Å²) >= 11 is 3.48. The van der Waals surface area contributed by atoms with Crippen LogP contribution in [0.2, 0.25) is 0 Å². The second-order valence-electron chi connectivity index (χ2n) is 8.71. The van der Waals surface area contributed by atoms with Crippen molar-refractivity contribution in [2.45, 2.75) is 42.7 Å². The molecule has 5 rings (SSSR count). The third-order valence-corrected chi connectivity index (χ3v) is 8.71. The number of hydrogen-bond acceptors (Lipinski definition) is 8. The molecule has 1 aromatic carbocycles. The number of hydrogen-bond donors (Lipinski definition) is 1. The van der Waals surface area contributed by atoms with Crippen LogP contribution in [0.1, 0.15) is 26.2 Å². The topological polar surface area (TPSA) is 81.1 Å². The predicted molar refractivity (Wildman–Crippen MR) is 128 cm³/mol. The van der Waals surface area contributed by atoms with Gasteiger partial charge in [0.25, 0.3) is 5.91 Å². The van der Waals surface area contributed by atoms with Gasteiger partial charge in [-0.15, -0.1) is 11.3 Å². The third-order valence-electron chi connectivity index (χ3n) is 6.45. The van der Waals surface area contributed by atoms with Crippen molar-refractivity contribution in [1.29, 1.82) is 0 Å². The van der Waals surface area contributed by atoms with Gasteiger partial charge in [0.2, 0.25) is 0 Å². The first-order chi connectivity index (χ1) is 15.5. The Balaban J connectivity index is 1.27. The Bertz CT molecular complexity index is 1010. The van der Waals surface area contributed by atoms with Gasteiger partial charge in [0.05, 0.1) is 10.2 Å². The number of rotatable bonds is 5. The number of carbonyl (C=O) groups excluding carboxylic acids is 2. The molecule has 10 heteroatoms. The summed E-state index contributed by atoms with van der Waals surface area (Å²) in [7, 11) is 1.71. The van der Waals surface area contributed by atoms with Crippen molar-refractivity contribution in [3.63, 3.8) is 0 Å². The summed E-state index contributed by atoms with van der Waals surface area (Å²) in [6.07, 6.45) is 2.69. The van der Waals surface area contributed by atoms with Gasteiger partial charge in [-0.3, -0.25) is 10.1 Å². The molecule has 1 N–H and O–H groups in total. The van der Waals surface area contributed by atoms with Gasteiger partial charge in [0.15, 0.2) is 22.5 Å². The number of aromatic nitrogens is 1. The predicted octanol–water partition coefficient (Wildman–Crippen LogP) is 3.06. The van der Waals surface area contributed by atoms with E-state index in [4.69, 9.17) is 9.98 Å². The highest BCUT2D eigenvalue weighted by Crippen LogP contribution is 2.31. The zero-order valence-corrected chi connectivity index (χ0v) is 20.0. The highest BCUT2D eigenvalue weighted by Gasteiger charge is 2.49. The van der Waals surface area contributed by atoms with E-state index in [0.717, 1.165) is 60.5 Å². The summed E-state index contributed by atoms with van der Waals surface area (Å²) in [5.74, 6) is 2.24. The summed E-state index contributed by atoms with van der Waals surface area (Å²) in [5, 5.41) is 2.49. The molecule has 0 bridgehead atoms. The molecule has 2 fully saturated rings. The van der Waals surface area contributed by atoms with Crippen LogP contribution in [0.15, 0.2) is 33.6 Å². The van der Waals surface area contributed by atoms with Crippen molar-refractivity contribution < 1.29 is 9.59 Å². The molecule has 2 unspecified atom stereocenters. The molecule has 3 aliphatic heterocycles. The normalized spacial score (nSPS) is 24.2. The minimum atomic E-state index is -0.459. The fourth-order valence-corrected chi connectivity index (χ4v) is 6.59. The number of benzene rings is 1. The fourth-order valence-electron chi connectivity index (χ4n) is 4.53. The lowest BCUT2D eigenvalue weighted by atomic mass is 9.99. The lowest BCUT2D eigenvalue weighted by Crippen LogP contribution is -2.64. The van der Waals surface area contributed by atoms with Crippen LogP contribution in [-0.2, 0) is 4.79 Å². The second-order valence-corrected chi connectivity index (χ2v) is 11.1. The number of imide groups is 1. The van der Waals surface area contributed by atoms with E-state index in [0.29, 0.717) is 5.92 Å². The minimum absolute atomic E-state index is 0.249. The Kier molecular flexibility index (Phi) is 5.98. The molecular formula is C22H28N6O2S2. The monoisotopic (exact) mass is 472 g/mol. The van der Waals surface area contributed by atoms with E-state index < -0.39 is 12.2 Å². The van der Waals surface area contributed by atoms with Crippen molar-refractivity contribution in [2.24, 2.45) is 10.9 Å². The van der Waals surface area contributed by atoms with Crippen LogP contribution in [0.25, 0.3) is 10.2 Å². The number of nitrogens with one attached hydrogen (secondary N) is 1. The molecule has 8 nitrogen and oxygen atoms in total. The van der Waals surface area contributed by atoms with Gasteiger partial charge in [-0.25, -0.2) is 14.8 Å². The number of carbonyl (C=O) groups is 2. The summed E-state index contributed by atoms with van der Waals surface area (Å²) in [6.45, 7) is 4.88. The Labute approximate surface area is 196 Å². The average Bonchev–Trinajstić information content (AvgIpc) is 3.37. The summed E-state index contributed by atoms with van der Waals surface area (Å²) < 4.78 is 2.28. The number of amides is 3. The standard InChI is InChI=1S/C22H28N6O2S2/c1-14-8-11-27(12-9-14)20-24-18-17(19(29)25-21(30)26(18)2)28(20)10-5-13-31-22-23-15-6-3-4-7-16(15)32-22/h3-4,6-7,14,17-18H,5,8-13H2,1-2H3,(H,25,29,30). The van der Waals surface area contributed by atoms with E-state index in [9.17, 15) is 9.59 Å². The van der Waals surface area contributed by atoms with E-state index in [1.807, 2.05) is 18.2 Å². The number of likely N-dealkylation sites (N-methyl/N-ethyl adjacent to an activating group) is 1. The largest absolute Gasteiger partial charge is 0.343 e. The molecule has 3 aliphatic rings. The molecule has 2 atom stereocenters. The molecular weight excluding hydrogens is 444 g/mol. The van der Waals surface area contributed by atoms with E-state index >= 15 is 0 Å². The summed E-state index contributed by atoms with van der Waals surface area (Å²) in [5.41, 5.74) is 1.04. The number of guanidine groups is 1. The maximum Gasteiger partial charge on any atom is 0.325 e. The quantitative estimate of drug-likeness (QED) is 0.532. The van der Waals surface area contributed by atoms with Gasteiger partial charge in [-0.2, -0.15) is 0 Å². The van der Waals surface area contributed by atoms with Crippen LogP contribution < -0.4 is 5.32 Å². The number of likely N-dealkylation sites (tertiary alicyclic amines) is 1. The lowest BCUT2D eigenvalue weighted by molar-refractivity contribution is -0.127. The van der Waals surface area contributed by atoms with Crippen molar-refractivity contribution in [3.8, 4) is 0 Å². The molecule has 0 aliphatic carbocycles. The molecule has 3 amide bonds. The molecule has 0 spiro atoms. The maximum atomic E-state index is 12.8. The zero-order valence-electron chi connectivity index (χ0n) is 18.4. The van der Waals surface area contributed by atoms with Crippen LogP contribution in [0.3, 0.4) is 0 Å². The number of thioether (sulfide) groups is 1. The molecule has 170 valence electrons. The van der Waals surface area contributed by atoms with E-state index in [1.54, 1.807) is 35.0 Å². The van der Waals surface area contributed by atoms with Crippen LogP contribution >= 0.6 is 23.1 Å². The highest BCUT2D eigenvalue weighted by atomic mass is 32.2. The first kappa shape index (κ1) is 21.5. The molecule has 4 heterocycles. The molecule has 2 saturated heterocycles. The van der Waals surface area contributed by atoms with E-state index in [1.165, 1.54) is 4.70 Å². The number of para-hydroxylation sites is 1. The van der Waals surface area contributed by atoms with Crippen LogP contribution in [0.4, 0.5) is 4.79 Å². The molecule has 32 heavy (non-hydrogen) atoms. The van der Waals surface area contributed by atoms with Crippen LogP contribution in [-0.4, -0.2) is 82.2 Å². The maximum absolute atomic E-state index is 12.8. The first-order valence-corrected chi connectivity index (χ1v) is 13.0. The van der Waals surface area contributed by atoms with Crippen molar-refractivity contribution >= 4 is 51.2 Å². The third kappa shape index (κ3) is 4.05. The molecule has 0 saturated carbocycles. The molecule has 0 radical (unpaired) electrons. The Morgan fingerprint density at radius 3 is 2.78 bits per heavy atom. The smallest absolute Gasteiger partial charge is 0.325 e. The minimum Gasteiger partial charge on any atom is -0.343 e. The Hall–Kier alpha value is -2.33. The van der Waals surface area contributed by atoms with Crippen molar-refractivity contribution in [1.82, 2.24) is 25.0 Å². The first-order valence-electron chi connectivity index (χ1n) is 11.2. The van der Waals surface area contributed by atoms with E-state index in [2.05, 4.69) is 28.1 Å². The Morgan fingerprint density at radius 1 is 1.22 bits per heavy atom. The summed E-state index contributed by atoms with van der Waals surface area (Å²) in [6, 6.07) is 7.36.